The Morgan fingerprint density at radius 3 is 1.08 bits per heavy atom. The first-order valence-electron chi connectivity index (χ1n) is 3.48. The van der Waals surface area contributed by atoms with Crippen LogP contribution in [0.5, 0.6) is 0 Å². The molecule has 0 saturated heterocycles. The maximum Gasteiger partial charge on any atom is 0.111 e. The smallest absolute Gasteiger partial charge is 0.111 e. The number of hydrogen-bond donors (Lipinski definition) is 6. The van der Waals surface area contributed by atoms with Crippen molar-refractivity contribution in [1.29, 1.82) is 0 Å². The van der Waals surface area contributed by atoms with E-state index in [0.29, 0.717) is 0 Å². The maximum absolute atomic E-state index is 8.96. The van der Waals surface area contributed by atoms with Gasteiger partial charge in [-0.1, -0.05) is 0 Å². The van der Waals surface area contributed by atoms with Crippen molar-refractivity contribution < 1.29 is 30.6 Å². The average Bonchev–Trinajstić information content (AvgIpc) is 2.12. The predicted molar refractivity (Wildman–Crippen MR) is 38.2 cm³/mol. The second-order valence-electron chi connectivity index (χ2n) is 2.48. The fourth-order valence-corrected chi connectivity index (χ4v) is 0.671. The first-order chi connectivity index (χ1) is 5.54. The molecule has 0 aliphatic rings. The molecule has 6 nitrogen and oxygen atoms in total. The van der Waals surface area contributed by atoms with E-state index in [2.05, 4.69) is 0 Å². The molecule has 0 aromatic rings. The monoisotopic (exact) mass is 183 g/mol. The maximum atomic E-state index is 8.96. The van der Waals surface area contributed by atoms with E-state index in [0.717, 1.165) is 0 Å². The molecule has 0 aromatic heterocycles. The molecule has 0 unspecified atom stereocenters. The van der Waals surface area contributed by atoms with Gasteiger partial charge in [-0.15, -0.1) is 0 Å². The molecule has 0 rings (SSSR count). The van der Waals surface area contributed by atoms with E-state index in [-0.39, 0.29) is 0 Å². The van der Waals surface area contributed by atoms with Crippen molar-refractivity contribution >= 4 is 0 Å². The highest BCUT2D eigenvalue weighted by Crippen LogP contribution is 2.03. The summed E-state index contributed by atoms with van der Waals surface area (Å²) in [4.78, 5) is 0. The van der Waals surface area contributed by atoms with E-state index in [1.54, 1.807) is 0 Å². The van der Waals surface area contributed by atoms with Crippen LogP contribution in [0.3, 0.4) is 0 Å². The van der Waals surface area contributed by atoms with Crippen LogP contribution in [0.1, 0.15) is 0 Å². The van der Waals surface area contributed by atoms with Crippen molar-refractivity contribution in [1.82, 2.24) is 0 Å². The van der Waals surface area contributed by atoms with Gasteiger partial charge in [-0.3, -0.25) is 0 Å². The molecule has 0 heterocycles. The zero-order valence-corrected chi connectivity index (χ0v) is 6.41. The fourth-order valence-electron chi connectivity index (χ4n) is 0.671. The lowest BCUT2D eigenvalue weighted by Crippen LogP contribution is -2.46. The topological polar surface area (TPSA) is 121 Å². The van der Waals surface area contributed by atoms with Crippen LogP contribution in [-0.4, -0.2) is 68.3 Å². The minimum absolute atomic E-state index is 0.726. The summed E-state index contributed by atoms with van der Waals surface area (Å²) in [6.07, 6.45) is -6.39. The summed E-state index contributed by atoms with van der Waals surface area (Å²) in [5, 5.41) is 52.2. The summed E-state index contributed by atoms with van der Waals surface area (Å²) < 4.78 is 0. The molecule has 0 aromatic carbocycles. The number of aliphatic hydroxyl groups excluding tert-OH is 6. The Morgan fingerprint density at radius 2 is 0.917 bits per heavy atom. The van der Waals surface area contributed by atoms with Crippen LogP contribution >= 0.6 is 0 Å². The van der Waals surface area contributed by atoms with Gasteiger partial charge in [0.25, 0.3) is 0 Å². The normalized spacial score (nSPS) is 21.5. The van der Waals surface area contributed by atoms with Crippen molar-refractivity contribution in [3.05, 3.63) is 0 Å². The molecule has 0 spiro atoms. The van der Waals surface area contributed by atoms with Crippen LogP contribution in [0.2, 0.25) is 0 Å². The quantitative estimate of drug-likeness (QED) is 0.245. The van der Waals surface area contributed by atoms with E-state index >= 15 is 0 Å². The Morgan fingerprint density at radius 1 is 0.667 bits per heavy atom. The molecule has 0 radical (unpaired) electrons. The Bertz CT molecular complexity index is 105. The second-order valence-corrected chi connectivity index (χ2v) is 2.48. The van der Waals surface area contributed by atoms with Gasteiger partial charge in [0, 0.05) is 0 Å². The summed E-state index contributed by atoms with van der Waals surface area (Å²) in [6, 6.07) is 0. The zero-order valence-electron chi connectivity index (χ0n) is 6.41. The highest BCUT2D eigenvalue weighted by atomic mass is 16.4. The average molecular weight is 183 g/mol. The van der Waals surface area contributed by atoms with Gasteiger partial charge in [-0.2, -0.15) is 0 Å². The van der Waals surface area contributed by atoms with Gasteiger partial charge in [0.15, 0.2) is 0 Å². The van der Waals surface area contributed by atoms with Gasteiger partial charge >= 0.3 is 0 Å². The van der Waals surface area contributed by atoms with Gasteiger partial charge in [-0.25, -0.2) is 0 Å². The highest BCUT2D eigenvalue weighted by Gasteiger charge is 2.29. The molecule has 0 aliphatic heterocycles. The SMILES string of the molecule is OC[C@@H](O)[C@H](O)[C@H](O)[C@@H](O)[13CH2]O. The first kappa shape index (κ1) is 11.8. The third kappa shape index (κ3) is 3.02. The highest BCUT2D eigenvalue weighted by molar-refractivity contribution is 4.79. The summed E-state index contributed by atoms with van der Waals surface area (Å²) in [5.41, 5.74) is 0. The van der Waals surface area contributed by atoms with Crippen molar-refractivity contribution in [2.75, 3.05) is 13.2 Å². The van der Waals surface area contributed by atoms with E-state index in [1.807, 2.05) is 0 Å². The van der Waals surface area contributed by atoms with Crippen LogP contribution in [0.4, 0.5) is 0 Å². The van der Waals surface area contributed by atoms with Crippen LogP contribution in [0, 0.1) is 0 Å². The van der Waals surface area contributed by atoms with E-state index < -0.39 is 37.6 Å². The lowest BCUT2D eigenvalue weighted by Gasteiger charge is -2.24. The van der Waals surface area contributed by atoms with Gasteiger partial charge < -0.3 is 30.6 Å². The Labute approximate surface area is 69.3 Å². The van der Waals surface area contributed by atoms with Gasteiger partial charge in [0.05, 0.1) is 13.2 Å². The molecule has 0 bridgehead atoms. The molecule has 6 heteroatoms. The molecule has 74 valence electrons. The number of rotatable bonds is 5. The van der Waals surface area contributed by atoms with Crippen LogP contribution in [-0.2, 0) is 0 Å². The molecule has 0 fully saturated rings. The van der Waals surface area contributed by atoms with Crippen molar-refractivity contribution in [2.45, 2.75) is 24.4 Å². The number of aliphatic hydroxyl groups is 6. The zero-order chi connectivity index (χ0) is 9.72. The second kappa shape index (κ2) is 5.41. The van der Waals surface area contributed by atoms with Crippen molar-refractivity contribution in [2.24, 2.45) is 0 Å². The third-order valence-corrected chi connectivity index (χ3v) is 1.51. The van der Waals surface area contributed by atoms with E-state index in [9.17, 15) is 0 Å². The van der Waals surface area contributed by atoms with Crippen molar-refractivity contribution in [3.8, 4) is 0 Å². The minimum Gasteiger partial charge on any atom is -0.394 e. The first-order valence-corrected chi connectivity index (χ1v) is 3.48. The predicted octanol–water partition coefficient (Wildman–Crippen LogP) is -3.59. The van der Waals surface area contributed by atoms with Crippen LogP contribution < -0.4 is 0 Å². The summed E-state index contributed by atoms with van der Waals surface area (Å²) in [7, 11) is 0. The van der Waals surface area contributed by atoms with Crippen molar-refractivity contribution in [3.63, 3.8) is 0 Å². The van der Waals surface area contributed by atoms with Gasteiger partial charge in [0.1, 0.15) is 24.4 Å². The molecule has 4 atom stereocenters. The Balaban J connectivity index is 3.99. The van der Waals surface area contributed by atoms with E-state index in [4.69, 9.17) is 30.6 Å². The molecule has 0 amide bonds. The van der Waals surface area contributed by atoms with Gasteiger partial charge in [-0.05, 0) is 0 Å². The molecule has 12 heavy (non-hydrogen) atoms. The lowest BCUT2D eigenvalue weighted by atomic mass is 10.1. The number of hydrogen-bond acceptors (Lipinski definition) is 6. The summed E-state index contributed by atoms with van der Waals surface area (Å²) in [5.74, 6) is 0. The van der Waals surface area contributed by atoms with Crippen LogP contribution in [0.25, 0.3) is 0 Å². The Hall–Kier alpha value is -0.240. The summed E-state index contributed by atoms with van der Waals surface area (Å²) in [6.45, 7) is -1.45. The molecular weight excluding hydrogens is 169 g/mol. The molecule has 0 saturated carbocycles. The van der Waals surface area contributed by atoms with E-state index in [1.165, 1.54) is 0 Å². The minimum atomic E-state index is -1.67. The Kier molecular flexibility index (Phi) is 5.31. The molecular formula is C6H14O6. The largest absolute Gasteiger partial charge is 0.394 e. The third-order valence-electron chi connectivity index (χ3n) is 1.51. The van der Waals surface area contributed by atoms with Crippen LogP contribution in [0.15, 0.2) is 0 Å². The lowest BCUT2D eigenvalue weighted by molar-refractivity contribution is -0.123. The molecule has 6 N–H and O–H groups in total. The molecule has 0 aliphatic carbocycles. The van der Waals surface area contributed by atoms with Gasteiger partial charge in [0.2, 0.25) is 0 Å². The summed E-state index contributed by atoms with van der Waals surface area (Å²) >= 11 is 0. The fraction of sp³-hybridized carbons (Fsp3) is 1.00. The standard InChI is InChI=1S/C6H14O6/c7-1-3(9)5(11)6(12)4(10)2-8/h3-12H,1-2H2/t3-,4+,5+,6-/i1+1/m0/s1.